The molecule has 0 bridgehead atoms. The predicted octanol–water partition coefficient (Wildman–Crippen LogP) is 2.07. The van der Waals surface area contributed by atoms with Gasteiger partial charge in [0.25, 0.3) is 0 Å². The summed E-state index contributed by atoms with van der Waals surface area (Å²) < 4.78 is 5.14. The van der Waals surface area contributed by atoms with Crippen LogP contribution in [0.4, 0.5) is 4.79 Å². The number of carbonyl (C=O) groups is 1. The summed E-state index contributed by atoms with van der Waals surface area (Å²) in [5.74, 6) is 0.640. The third-order valence-electron chi connectivity index (χ3n) is 2.68. The third-order valence-corrected chi connectivity index (χ3v) is 2.68. The smallest absolute Gasteiger partial charge is 0.407 e. The highest BCUT2D eigenvalue weighted by atomic mass is 16.6. The van der Waals surface area contributed by atoms with E-state index in [2.05, 4.69) is 10.5 Å². The van der Waals surface area contributed by atoms with Gasteiger partial charge in [-0.2, -0.15) is 0 Å². The molecule has 0 spiro atoms. The summed E-state index contributed by atoms with van der Waals surface area (Å²) in [5, 5.41) is 6.76. The van der Waals surface area contributed by atoms with Crippen LogP contribution in [0.2, 0.25) is 0 Å². The molecule has 1 aliphatic heterocycles. The van der Waals surface area contributed by atoms with Crippen LogP contribution in [-0.2, 0) is 9.57 Å². The number of alkyl carbamates (subject to hydrolysis) is 1. The van der Waals surface area contributed by atoms with E-state index >= 15 is 0 Å². The lowest BCUT2D eigenvalue weighted by molar-refractivity contribution is 0.0439. The number of carbonyl (C=O) groups excluding carboxylic acids is 1. The maximum Gasteiger partial charge on any atom is 0.407 e. The number of hydrogen-bond donors (Lipinski definition) is 1. The van der Waals surface area contributed by atoms with Crippen molar-refractivity contribution >= 4 is 11.8 Å². The summed E-state index contributed by atoms with van der Waals surface area (Å²) in [5.41, 5.74) is 0.692. The van der Waals surface area contributed by atoms with Gasteiger partial charge in [-0.25, -0.2) is 4.79 Å². The Morgan fingerprint density at radius 1 is 1.53 bits per heavy atom. The van der Waals surface area contributed by atoms with E-state index < -0.39 is 11.7 Å². The van der Waals surface area contributed by atoms with E-state index in [1.165, 1.54) is 12.8 Å². The second kappa shape index (κ2) is 4.55. The summed E-state index contributed by atoms with van der Waals surface area (Å²) in [6.45, 7) is 5.97. The van der Waals surface area contributed by atoms with E-state index in [4.69, 9.17) is 9.57 Å². The fraction of sp³-hybridized carbons (Fsp3) is 0.833. The van der Waals surface area contributed by atoms with Crippen molar-refractivity contribution < 1.29 is 14.4 Å². The molecule has 0 saturated heterocycles. The molecule has 1 heterocycles. The van der Waals surface area contributed by atoms with Gasteiger partial charge in [0.2, 0.25) is 0 Å². The van der Waals surface area contributed by atoms with Crippen molar-refractivity contribution in [3.63, 3.8) is 0 Å². The van der Waals surface area contributed by atoms with E-state index in [-0.39, 0.29) is 6.10 Å². The zero-order valence-electron chi connectivity index (χ0n) is 10.7. The summed E-state index contributed by atoms with van der Waals surface area (Å²) in [6.07, 6.45) is 2.86. The van der Waals surface area contributed by atoms with Gasteiger partial charge in [0.1, 0.15) is 11.7 Å². The van der Waals surface area contributed by atoms with Gasteiger partial charge in [-0.15, -0.1) is 0 Å². The van der Waals surface area contributed by atoms with Crippen LogP contribution >= 0.6 is 0 Å². The largest absolute Gasteiger partial charge is 0.444 e. The minimum atomic E-state index is -0.462. The van der Waals surface area contributed by atoms with Gasteiger partial charge in [-0.1, -0.05) is 5.16 Å². The van der Waals surface area contributed by atoms with Crippen molar-refractivity contribution in [3.8, 4) is 0 Å². The van der Waals surface area contributed by atoms with Crippen LogP contribution in [0, 0.1) is 5.92 Å². The quantitative estimate of drug-likeness (QED) is 0.821. The Labute approximate surface area is 102 Å². The first-order valence-corrected chi connectivity index (χ1v) is 6.13. The Hall–Kier alpha value is -1.26. The lowest BCUT2D eigenvalue weighted by atomic mass is 10.1. The molecule has 5 nitrogen and oxygen atoms in total. The lowest BCUT2D eigenvalue weighted by Crippen LogP contribution is -2.37. The number of rotatable bonds is 3. The van der Waals surface area contributed by atoms with Crippen LogP contribution in [0.1, 0.15) is 40.0 Å². The Morgan fingerprint density at radius 2 is 2.24 bits per heavy atom. The first-order valence-electron chi connectivity index (χ1n) is 6.13. The number of oxime groups is 1. The first kappa shape index (κ1) is 12.2. The fourth-order valence-corrected chi connectivity index (χ4v) is 1.73. The summed E-state index contributed by atoms with van der Waals surface area (Å²) in [6, 6.07) is 0. The normalized spacial score (nSPS) is 23.9. The van der Waals surface area contributed by atoms with Gasteiger partial charge in [-0.3, -0.25) is 0 Å². The predicted molar refractivity (Wildman–Crippen MR) is 63.9 cm³/mol. The van der Waals surface area contributed by atoms with Crippen molar-refractivity contribution in [2.24, 2.45) is 11.1 Å². The SMILES string of the molecule is CC(C)(C)OC(=O)NCC1CC(C2CC2)=NO1. The highest BCUT2D eigenvalue weighted by molar-refractivity contribution is 5.89. The number of amides is 1. The van der Waals surface area contributed by atoms with E-state index in [1.807, 2.05) is 20.8 Å². The molecule has 1 N–H and O–H groups in total. The minimum absolute atomic E-state index is 0.0295. The molecule has 0 aromatic rings. The van der Waals surface area contributed by atoms with Gasteiger partial charge >= 0.3 is 6.09 Å². The molecule has 2 aliphatic rings. The topological polar surface area (TPSA) is 59.9 Å². The van der Waals surface area contributed by atoms with Gasteiger partial charge in [0, 0.05) is 12.3 Å². The molecule has 0 aromatic heterocycles. The van der Waals surface area contributed by atoms with Crippen LogP contribution < -0.4 is 5.32 Å². The molecule has 1 fully saturated rings. The van der Waals surface area contributed by atoms with Crippen LogP contribution in [0.3, 0.4) is 0 Å². The molecular formula is C12H20N2O3. The van der Waals surface area contributed by atoms with Crippen molar-refractivity contribution in [2.75, 3.05) is 6.54 Å². The van der Waals surface area contributed by atoms with Crippen molar-refractivity contribution in [1.29, 1.82) is 0 Å². The summed E-state index contributed by atoms with van der Waals surface area (Å²) >= 11 is 0. The Balaban J connectivity index is 1.65. The van der Waals surface area contributed by atoms with E-state index in [0.717, 1.165) is 12.1 Å². The monoisotopic (exact) mass is 240 g/mol. The van der Waals surface area contributed by atoms with Crippen LogP contribution in [0.5, 0.6) is 0 Å². The number of nitrogens with zero attached hydrogens (tertiary/aromatic N) is 1. The molecule has 17 heavy (non-hydrogen) atoms. The van der Waals surface area contributed by atoms with Crippen LogP contribution in [0.25, 0.3) is 0 Å². The zero-order valence-corrected chi connectivity index (χ0v) is 10.7. The van der Waals surface area contributed by atoms with Crippen molar-refractivity contribution in [1.82, 2.24) is 5.32 Å². The molecule has 0 radical (unpaired) electrons. The van der Waals surface area contributed by atoms with Crippen LogP contribution in [0.15, 0.2) is 5.16 Å². The molecule has 96 valence electrons. The molecule has 0 aromatic carbocycles. The summed E-state index contributed by atoms with van der Waals surface area (Å²) in [7, 11) is 0. The molecule has 1 unspecified atom stereocenters. The maximum absolute atomic E-state index is 11.4. The molecular weight excluding hydrogens is 220 g/mol. The second-order valence-corrected chi connectivity index (χ2v) is 5.67. The fourth-order valence-electron chi connectivity index (χ4n) is 1.73. The Bertz CT molecular complexity index is 329. The Morgan fingerprint density at radius 3 is 2.82 bits per heavy atom. The van der Waals surface area contributed by atoms with Gasteiger partial charge in [-0.05, 0) is 33.6 Å². The highest BCUT2D eigenvalue weighted by Crippen LogP contribution is 2.34. The van der Waals surface area contributed by atoms with Gasteiger partial charge in [0.15, 0.2) is 0 Å². The Kier molecular flexibility index (Phi) is 3.26. The van der Waals surface area contributed by atoms with E-state index in [1.54, 1.807) is 0 Å². The van der Waals surface area contributed by atoms with Crippen LogP contribution in [-0.4, -0.2) is 30.1 Å². The minimum Gasteiger partial charge on any atom is -0.444 e. The molecule has 1 atom stereocenters. The molecule has 5 heteroatoms. The van der Waals surface area contributed by atoms with Gasteiger partial charge < -0.3 is 14.9 Å². The average Bonchev–Trinajstić information content (AvgIpc) is 2.93. The molecule has 2 rings (SSSR count). The molecule has 1 aliphatic carbocycles. The third kappa shape index (κ3) is 3.91. The standard InChI is InChI=1S/C12H20N2O3/c1-12(2,3)16-11(15)13-7-9-6-10(14-17-9)8-4-5-8/h8-9H,4-7H2,1-3H3,(H,13,15). The van der Waals surface area contributed by atoms with Crippen molar-refractivity contribution in [2.45, 2.75) is 51.7 Å². The van der Waals surface area contributed by atoms with Gasteiger partial charge in [0.05, 0.1) is 12.3 Å². The number of ether oxygens (including phenoxy) is 1. The number of hydrogen-bond acceptors (Lipinski definition) is 4. The first-order chi connectivity index (χ1) is 7.94. The molecule has 1 amide bonds. The lowest BCUT2D eigenvalue weighted by Gasteiger charge is -2.20. The second-order valence-electron chi connectivity index (χ2n) is 5.67. The highest BCUT2D eigenvalue weighted by Gasteiger charge is 2.34. The molecule has 1 saturated carbocycles. The van der Waals surface area contributed by atoms with E-state index in [9.17, 15) is 4.79 Å². The van der Waals surface area contributed by atoms with Crippen molar-refractivity contribution in [3.05, 3.63) is 0 Å². The summed E-state index contributed by atoms with van der Waals surface area (Å²) in [4.78, 5) is 16.7. The number of nitrogens with one attached hydrogen (secondary N) is 1. The maximum atomic E-state index is 11.4. The average molecular weight is 240 g/mol. The zero-order chi connectivity index (χ0) is 12.5. The van der Waals surface area contributed by atoms with E-state index in [0.29, 0.717) is 12.5 Å².